The van der Waals surface area contributed by atoms with Crippen molar-refractivity contribution in [2.45, 2.75) is 32.6 Å². The maximum absolute atomic E-state index is 13.0. The molecule has 7 heteroatoms. The van der Waals surface area contributed by atoms with Gasteiger partial charge in [0, 0.05) is 29.3 Å². The lowest BCUT2D eigenvalue weighted by Gasteiger charge is -2.38. The molecule has 156 valence electrons. The molecule has 29 heavy (non-hydrogen) atoms. The van der Waals surface area contributed by atoms with Crippen LogP contribution in [-0.4, -0.2) is 39.7 Å². The van der Waals surface area contributed by atoms with E-state index in [1.807, 2.05) is 19.1 Å². The van der Waals surface area contributed by atoms with Crippen molar-refractivity contribution in [2.24, 2.45) is 5.92 Å². The lowest BCUT2D eigenvalue weighted by Crippen LogP contribution is -2.41. The fourth-order valence-corrected chi connectivity index (χ4v) is 4.20. The van der Waals surface area contributed by atoms with Crippen molar-refractivity contribution in [2.75, 3.05) is 27.9 Å². The molecule has 0 bridgehead atoms. The highest BCUT2D eigenvalue weighted by Gasteiger charge is 2.45. The smallest absolute Gasteiger partial charge is 0.336 e. The molecule has 1 aliphatic heterocycles. The second kappa shape index (κ2) is 8.59. The largest absolute Gasteiger partial charge is 0.493 e. The van der Waals surface area contributed by atoms with Crippen LogP contribution < -0.4 is 19.5 Å². The number of rotatable bonds is 6. The van der Waals surface area contributed by atoms with Crippen LogP contribution in [0.4, 0.5) is 0 Å². The minimum atomic E-state index is -0.552. The number of esters is 1. The van der Waals surface area contributed by atoms with Crippen molar-refractivity contribution in [1.82, 2.24) is 5.32 Å². The van der Waals surface area contributed by atoms with Gasteiger partial charge in [-0.3, -0.25) is 4.79 Å². The first kappa shape index (κ1) is 20.8. The number of hydrogen-bond donors (Lipinski definition) is 1. The van der Waals surface area contributed by atoms with E-state index in [0.717, 1.165) is 5.70 Å². The van der Waals surface area contributed by atoms with Crippen LogP contribution in [-0.2, 0) is 14.3 Å². The fourth-order valence-electron chi connectivity index (χ4n) is 4.20. The number of carbonyl (C=O) groups is 2. The van der Waals surface area contributed by atoms with E-state index in [0.29, 0.717) is 46.9 Å². The zero-order chi connectivity index (χ0) is 21.1. The number of Topliss-reactive ketones (excluding diaryl/α,β-unsaturated/α-hetero) is 1. The van der Waals surface area contributed by atoms with Crippen LogP contribution in [0.15, 0.2) is 35.2 Å². The molecule has 0 saturated carbocycles. The summed E-state index contributed by atoms with van der Waals surface area (Å²) in [5, 5.41) is 3.25. The van der Waals surface area contributed by atoms with E-state index >= 15 is 0 Å². The van der Waals surface area contributed by atoms with Crippen molar-refractivity contribution in [1.29, 1.82) is 0 Å². The van der Waals surface area contributed by atoms with Crippen LogP contribution in [0.5, 0.6) is 17.2 Å². The van der Waals surface area contributed by atoms with Crippen molar-refractivity contribution in [3.63, 3.8) is 0 Å². The molecule has 2 atom stereocenters. The Labute approximate surface area is 170 Å². The Balaban J connectivity index is 2.28. The predicted molar refractivity (Wildman–Crippen MR) is 107 cm³/mol. The Morgan fingerprint density at radius 1 is 1.10 bits per heavy atom. The molecule has 2 aliphatic rings. The summed E-state index contributed by atoms with van der Waals surface area (Å²) in [7, 11) is 4.60. The standard InChI is InChI=1S/C22H27NO6/c1-6-29-22(25)17-12(2)23-14-8-7-9-15(24)19(14)18(17)13-10-11-16(26-3)21(28-5)20(13)27-4/h8,10-11,18-19,23H,6-7,9H2,1-5H3. The minimum absolute atomic E-state index is 0.0751. The van der Waals surface area contributed by atoms with Crippen molar-refractivity contribution in [3.05, 3.63) is 40.7 Å². The maximum atomic E-state index is 13.0. The van der Waals surface area contributed by atoms with Gasteiger partial charge in [-0.05, 0) is 26.3 Å². The number of carbonyl (C=O) groups excluding carboxylic acids is 2. The Hall–Kier alpha value is -2.96. The number of benzene rings is 1. The van der Waals surface area contributed by atoms with E-state index in [2.05, 4.69) is 5.32 Å². The number of ketones is 1. The van der Waals surface area contributed by atoms with Crippen molar-refractivity contribution >= 4 is 11.8 Å². The zero-order valence-electron chi connectivity index (χ0n) is 17.5. The average molecular weight is 401 g/mol. The summed E-state index contributed by atoms with van der Waals surface area (Å²) >= 11 is 0. The summed E-state index contributed by atoms with van der Waals surface area (Å²) in [6.07, 6.45) is 3.13. The summed E-state index contributed by atoms with van der Waals surface area (Å²) in [6.45, 7) is 3.82. The highest BCUT2D eigenvalue weighted by molar-refractivity contribution is 5.96. The van der Waals surface area contributed by atoms with E-state index in [1.165, 1.54) is 14.2 Å². The number of ether oxygens (including phenoxy) is 4. The van der Waals surface area contributed by atoms with Gasteiger partial charge in [0.15, 0.2) is 11.5 Å². The minimum Gasteiger partial charge on any atom is -0.493 e. The highest BCUT2D eigenvalue weighted by Crippen LogP contribution is 2.50. The van der Waals surface area contributed by atoms with Gasteiger partial charge in [0.05, 0.1) is 39.4 Å². The lowest BCUT2D eigenvalue weighted by molar-refractivity contribution is -0.139. The van der Waals surface area contributed by atoms with Gasteiger partial charge in [0.2, 0.25) is 5.75 Å². The van der Waals surface area contributed by atoms with Gasteiger partial charge < -0.3 is 24.3 Å². The third-order valence-electron chi connectivity index (χ3n) is 5.38. The van der Waals surface area contributed by atoms with Gasteiger partial charge in [-0.15, -0.1) is 0 Å². The summed E-state index contributed by atoms with van der Waals surface area (Å²) < 4.78 is 21.9. The monoisotopic (exact) mass is 401 g/mol. The van der Waals surface area contributed by atoms with Gasteiger partial charge in [0.25, 0.3) is 0 Å². The molecular weight excluding hydrogens is 374 g/mol. The van der Waals surface area contributed by atoms with E-state index in [4.69, 9.17) is 18.9 Å². The summed E-state index contributed by atoms with van der Waals surface area (Å²) in [5.41, 5.74) is 2.59. The molecule has 0 spiro atoms. The molecule has 7 nitrogen and oxygen atoms in total. The number of allylic oxidation sites excluding steroid dienone is 3. The second-order valence-electron chi connectivity index (χ2n) is 6.93. The van der Waals surface area contributed by atoms with Crippen LogP contribution in [0, 0.1) is 5.92 Å². The summed E-state index contributed by atoms with van der Waals surface area (Å²) in [6, 6.07) is 3.58. The molecular formula is C22H27NO6. The number of hydrogen-bond acceptors (Lipinski definition) is 7. The third-order valence-corrected chi connectivity index (χ3v) is 5.38. The SMILES string of the molecule is CCOC(=O)C1=C(C)NC2=CCCC(=O)C2C1c1ccc(OC)c(OC)c1OC. The normalized spacial score (nSPS) is 21.0. The molecule has 0 saturated heterocycles. The molecule has 1 N–H and O–H groups in total. The molecule has 1 aliphatic carbocycles. The predicted octanol–water partition coefficient (Wildman–Crippen LogP) is 3.10. The molecule has 3 rings (SSSR count). The topological polar surface area (TPSA) is 83.1 Å². The van der Waals surface area contributed by atoms with Gasteiger partial charge in [-0.1, -0.05) is 12.1 Å². The van der Waals surface area contributed by atoms with Crippen LogP contribution >= 0.6 is 0 Å². The van der Waals surface area contributed by atoms with Crippen LogP contribution in [0.2, 0.25) is 0 Å². The van der Waals surface area contributed by atoms with Crippen molar-refractivity contribution < 1.29 is 28.5 Å². The van der Waals surface area contributed by atoms with Gasteiger partial charge >= 0.3 is 5.97 Å². The van der Waals surface area contributed by atoms with Crippen LogP contribution in [0.25, 0.3) is 0 Å². The van der Waals surface area contributed by atoms with E-state index in [-0.39, 0.29) is 12.4 Å². The molecule has 0 amide bonds. The Morgan fingerprint density at radius 3 is 2.45 bits per heavy atom. The fraction of sp³-hybridized carbons (Fsp3) is 0.455. The Kier molecular flexibility index (Phi) is 6.15. The number of fused-ring (bicyclic) bond motifs is 1. The van der Waals surface area contributed by atoms with Gasteiger partial charge in [0.1, 0.15) is 5.78 Å². The Morgan fingerprint density at radius 2 is 1.83 bits per heavy atom. The maximum Gasteiger partial charge on any atom is 0.336 e. The summed E-state index contributed by atoms with van der Waals surface area (Å²) in [5.74, 6) is -0.0798. The first-order valence-electron chi connectivity index (χ1n) is 9.64. The summed E-state index contributed by atoms with van der Waals surface area (Å²) in [4.78, 5) is 25.9. The van der Waals surface area contributed by atoms with E-state index in [9.17, 15) is 9.59 Å². The van der Waals surface area contributed by atoms with Crippen molar-refractivity contribution in [3.8, 4) is 17.2 Å². The van der Waals surface area contributed by atoms with E-state index in [1.54, 1.807) is 20.1 Å². The van der Waals surface area contributed by atoms with E-state index < -0.39 is 17.8 Å². The first-order chi connectivity index (χ1) is 14.0. The molecule has 0 radical (unpaired) electrons. The molecule has 0 fully saturated rings. The quantitative estimate of drug-likeness (QED) is 0.734. The highest BCUT2D eigenvalue weighted by atomic mass is 16.5. The number of nitrogens with one attached hydrogen (secondary N) is 1. The number of methoxy groups -OCH3 is 3. The molecule has 1 heterocycles. The third kappa shape index (κ3) is 3.57. The van der Waals surface area contributed by atoms with Crippen LogP contribution in [0.3, 0.4) is 0 Å². The molecule has 1 aromatic rings. The zero-order valence-corrected chi connectivity index (χ0v) is 17.5. The molecule has 0 aromatic heterocycles. The van der Waals surface area contributed by atoms with Crippen LogP contribution in [0.1, 0.15) is 38.2 Å². The molecule has 2 unspecified atom stereocenters. The Bertz CT molecular complexity index is 886. The second-order valence-corrected chi connectivity index (χ2v) is 6.93. The lowest BCUT2D eigenvalue weighted by atomic mass is 9.70. The average Bonchev–Trinajstić information content (AvgIpc) is 2.71. The van der Waals surface area contributed by atoms with Gasteiger partial charge in [-0.2, -0.15) is 0 Å². The van der Waals surface area contributed by atoms with Gasteiger partial charge in [-0.25, -0.2) is 4.79 Å². The first-order valence-corrected chi connectivity index (χ1v) is 9.64. The molecule has 1 aromatic carbocycles.